The molecular formula is C13H21N3. The number of hydrogen-bond donors (Lipinski definition) is 3. The standard InChI is InChI=1S/C13H21N3/c1-13(2,14)11-6-4-3-5-10(11)12-9-15-7-8-16-12/h3-6,12,15-16H,7-9,14H2,1-2H3. The van der Waals surface area contributed by atoms with E-state index in [1.54, 1.807) is 0 Å². The molecule has 2 rings (SSSR count). The van der Waals surface area contributed by atoms with Crippen molar-refractivity contribution >= 4 is 0 Å². The van der Waals surface area contributed by atoms with Gasteiger partial charge in [-0.15, -0.1) is 0 Å². The summed E-state index contributed by atoms with van der Waals surface area (Å²) in [6.07, 6.45) is 0. The number of benzene rings is 1. The van der Waals surface area contributed by atoms with Crippen molar-refractivity contribution in [2.75, 3.05) is 19.6 Å². The third kappa shape index (κ3) is 2.43. The van der Waals surface area contributed by atoms with Crippen molar-refractivity contribution < 1.29 is 0 Å². The van der Waals surface area contributed by atoms with Gasteiger partial charge in [0, 0.05) is 31.2 Å². The molecule has 1 aromatic rings. The molecule has 1 unspecified atom stereocenters. The largest absolute Gasteiger partial charge is 0.322 e. The van der Waals surface area contributed by atoms with Crippen LogP contribution in [0.3, 0.4) is 0 Å². The van der Waals surface area contributed by atoms with E-state index in [2.05, 4.69) is 48.7 Å². The highest BCUT2D eigenvalue weighted by Crippen LogP contribution is 2.26. The van der Waals surface area contributed by atoms with E-state index in [-0.39, 0.29) is 5.54 Å². The lowest BCUT2D eigenvalue weighted by Gasteiger charge is -2.30. The predicted octanol–water partition coefficient (Wildman–Crippen LogP) is 1.11. The van der Waals surface area contributed by atoms with Crippen LogP contribution in [0.4, 0.5) is 0 Å². The maximum Gasteiger partial charge on any atom is 0.0450 e. The Morgan fingerprint density at radius 3 is 2.62 bits per heavy atom. The van der Waals surface area contributed by atoms with Crippen molar-refractivity contribution in [3.05, 3.63) is 35.4 Å². The van der Waals surface area contributed by atoms with Crippen molar-refractivity contribution in [3.8, 4) is 0 Å². The van der Waals surface area contributed by atoms with Gasteiger partial charge >= 0.3 is 0 Å². The predicted molar refractivity (Wildman–Crippen MR) is 67.3 cm³/mol. The molecule has 1 aliphatic heterocycles. The van der Waals surface area contributed by atoms with Crippen LogP contribution in [0.2, 0.25) is 0 Å². The fourth-order valence-electron chi connectivity index (χ4n) is 2.26. The summed E-state index contributed by atoms with van der Waals surface area (Å²) in [6, 6.07) is 8.83. The molecule has 1 saturated heterocycles. The van der Waals surface area contributed by atoms with Crippen LogP contribution in [-0.2, 0) is 5.54 Å². The molecule has 0 radical (unpaired) electrons. The minimum Gasteiger partial charge on any atom is -0.322 e. The second-order valence-electron chi connectivity index (χ2n) is 5.02. The lowest BCUT2D eigenvalue weighted by atomic mass is 9.87. The summed E-state index contributed by atoms with van der Waals surface area (Å²) in [4.78, 5) is 0. The molecule has 3 nitrogen and oxygen atoms in total. The maximum atomic E-state index is 6.22. The summed E-state index contributed by atoms with van der Waals surface area (Å²) >= 11 is 0. The van der Waals surface area contributed by atoms with Gasteiger partial charge < -0.3 is 16.4 Å². The molecule has 0 aromatic heterocycles. The Balaban J connectivity index is 2.32. The van der Waals surface area contributed by atoms with E-state index < -0.39 is 0 Å². The van der Waals surface area contributed by atoms with Crippen LogP contribution in [0.15, 0.2) is 24.3 Å². The molecule has 1 aliphatic rings. The molecule has 0 amide bonds. The highest BCUT2D eigenvalue weighted by atomic mass is 15.1. The number of nitrogens with two attached hydrogens (primary N) is 1. The van der Waals surface area contributed by atoms with Crippen molar-refractivity contribution in [1.29, 1.82) is 0 Å². The molecule has 0 aliphatic carbocycles. The monoisotopic (exact) mass is 219 g/mol. The highest BCUT2D eigenvalue weighted by Gasteiger charge is 2.23. The van der Waals surface area contributed by atoms with Gasteiger partial charge in [-0.25, -0.2) is 0 Å². The molecule has 0 bridgehead atoms. The van der Waals surface area contributed by atoms with E-state index in [1.807, 2.05) is 0 Å². The fraction of sp³-hybridized carbons (Fsp3) is 0.538. The van der Waals surface area contributed by atoms with Crippen molar-refractivity contribution in [1.82, 2.24) is 10.6 Å². The first-order valence-electron chi connectivity index (χ1n) is 5.91. The van der Waals surface area contributed by atoms with Gasteiger partial charge in [-0.05, 0) is 25.0 Å². The summed E-state index contributed by atoms with van der Waals surface area (Å²) in [6.45, 7) is 7.16. The second-order valence-corrected chi connectivity index (χ2v) is 5.02. The summed E-state index contributed by atoms with van der Waals surface area (Å²) in [5.74, 6) is 0. The smallest absolute Gasteiger partial charge is 0.0450 e. The zero-order valence-corrected chi connectivity index (χ0v) is 10.1. The summed E-state index contributed by atoms with van der Waals surface area (Å²) < 4.78 is 0. The Bertz CT molecular complexity index is 348. The molecule has 88 valence electrons. The Morgan fingerprint density at radius 1 is 1.25 bits per heavy atom. The van der Waals surface area contributed by atoms with E-state index in [1.165, 1.54) is 11.1 Å². The molecule has 4 N–H and O–H groups in total. The third-order valence-electron chi connectivity index (χ3n) is 3.07. The van der Waals surface area contributed by atoms with Crippen LogP contribution in [0.25, 0.3) is 0 Å². The normalized spacial score (nSPS) is 22.1. The Morgan fingerprint density at radius 2 is 2.00 bits per heavy atom. The number of piperazine rings is 1. The van der Waals surface area contributed by atoms with E-state index in [0.717, 1.165) is 19.6 Å². The van der Waals surface area contributed by atoms with Crippen molar-refractivity contribution in [3.63, 3.8) is 0 Å². The van der Waals surface area contributed by atoms with Gasteiger partial charge in [0.05, 0.1) is 0 Å². The lowest BCUT2D eigenvalue weighted by Crippen LogP contribution is -2.44. The van der Waals surface area contributed by atoms with Gasteiger partial charge in [-0.2, -0.15) is 0 Å². The third-order valence-corrected chi connectivity index (χ3v) is 3.07. The molecular weight excluding hydrogens is 198 g/mol. The number of hydrogen-bond acceptors (Lipinski definition) is 3. The van der Waals surface area contributed by atoms with Gasteiger partial charge in [0.15, 0.2) is 0 Å². The lowest BCUT2D eigenvalue weighted by molar-refractivity contribution is 0.420. The molecule has 0 spiro atoms. The first kappa shape index (κ1) is 11.6. The first-order valence-corrected chi connectivity index (χ1v) is 5.91. The van der Waals surface area contributed by atoms with Gasteiger partial charge in [-0.1, -0.05) is 24.3 Å². The van der Waals surface area contributed by atoms with E-state index in [4.69, 9.17) is 5.73 Å². The van der Waals surface area contributed by atoms with Crippen molar-refractivity contribution in [2.24, 2.45) is 5.73 Å². The average molecular weight is 219 g/mol. The summed E-state index contributed by atoms with van der Waals surface area (Å²) in [7, 11) is 0. The van der Waals surface area contributed by atoms with Gasteiger partial charge in [0.1, 0.15) is 0 Å². The summed E-state index contributed by atoms with van der Waals surface area (Å²) in [5.41, 5.74) is 8.49. The van der Waals surface area contributed by atoms with Crippen LogP contribution in [0, 0.1) is 0 Å². The quantitative estimate of drug-likeness (QED) is 0.698. The Hall–Kier alpha value is -0.900. The van der Waals surface area contributed by atoms with Crippen LogP contribution in [0.1, 0.15) is 31.0 Å². The zero-order valence-electron chi connectivity index (χ0n) is 10.1. The highest BCUT2D eigenvalue weighted by molar-refractivity contribution is 5.35. The molecule has 1 aromatic carbocycles. The van der Waals surface area contributed by atoms with Crippen molar-refractivity contribution in [2.45, 2.75) is 25.4 Å². The zero-order chi connectivity index (χ0) is 11.6. The minimum absolute atomic E-state index is 0.282. The molecule has 1 heterocycles. The van der Waals surface area contributed by atoms with E-state index >= 15 is 0 Å². The van der Waals surface area contributed by atoms with Crippen LogP contribution in [-0.4, -0.2) is 19.6 Å². The second kappa shape index (κ2) is 4.53. The Labute approximate surface area is 97.4 Å². The number of rotatable bonds is 2. The molecule has 1 fully saturated rings. The van der Waals surface area contributed by atoms with Crippen LogP contribution < -0.4 is 16.4 Å². The Kier molecular flexibility index (Phi) is 3.28. The first-order chi connectivity index (χ1) is 7.59. The molecule has 0 saturated carbocycles. The maximum absolute atomic E-state index is 6.22. The van der Waals surface area contributed by atoms with Crippen LogP contribution >= 0.6 is 0 Å². The van der Waals surface area contributed by atoms with Gasteiger partial charge in [-0.3, -0.25) is 0 Å². The van der Waals surface area contributed by atoms with Gasteiger partial charge in [0.25, 0.3) is 0 Å². The topological polar surface area (TPSA) is 50.1 Å². The van der Waals surface area contributed by atoms with E-state index in [0.29, 0.717) is 6.04 Å². The molecule has 16 heavy (non-hydrogen) atoms. The fourth-order valence-corrected chi connectivity index (χ4v) is 2.26. The van der Waals surface area contributed by atoms with E-state index in [9.17, 15) is 0 Å². The summed E-state index contributed by atoms with van der Waals surface area (Å²) in [5, 5.41) is 6.94. The molecule has 1 atom stereocenters. The number of nitrogens with one attached hydrogen (secondary N) is 2. The average Bonchev–Trinajstić information content (AvgIpc) is 2.29. The minimum atomic E-state index is -0.282. The molecule has 3 heteroatoms. The SMILES string of the molecule is CC(C)(N)c1ccccc1C1CNCCN1. The van der Waals surface area contributed by atoms with Gasteiger partial charge in [0.2, 0.25) is 0 Å². The van der Waals surface area contributed by atoms with Crippen LogP contribution in [0.5, 0.6) is 0 Å².